The van der Waals surface area contributed by atoms with Gasteiger partial charge in [0.25, 0.3) is 0 Å². The van der Waals surface area contributed by atoms with Gasteiger partial charge in [-0.15, -0.1) is 22.1 Å². The first-order valence-corrected chi connectivity index (χ1v) is 20.7. The summed E-state index contributed by atoms with van der Waals surface area (Å²) in [6, 6.07) is 8.08. The van der Waals surface area contributed by atoms with Crippen molar-refractivity contribution in [1.82, 2.24) is 30.6 Å². The van der Waals surface area contributed by atoms with E-state index in [0.29, 0.717) is 38.8 Å². The summed E-state index contributed by atoms with van der Waals surface area (Å²) in [5, 5.41) is 24.0. The molecule has 0 saturated heterocycles. The molecule has 14 nitrogen and oxygen atoms in total. The van der Waals surface area contributed by atoms with E-state index in [9.17, 15) is 9.59 Å². The molecule has 8 bridgehead atoms. The van der Waals surface area contributed by atoms with Crippen molar-refractivity contribution in [3.63, 3.8) is 0 Å². The van der Waals surface area contributed by atoms with Crippen LogP contribution in [-0.2, 0) is 45.1 Å². The number of fused-ring (bicyclic) bond motifs is 8. The number of quaternary nitrogens is 2. The average molecular weight is 914 g/mol. The van der Waals surface area contributed by atoms with Gasteiger partial charge in [0.05, 0.1) is 91.2 Å². The number of allylic oxidation sites excluding steroid dienone is 5. The number of aryl methyl sites for hydroxylation is 3. The molecule has 0 unspecified atom stereocenters. The predicted octanol–water partition coefficient (Wildman–Crippen LogP) is 3.75. The topological polar surface area (TPSA) is 192 Å². The van der Waals surface area contributed by atoms with E-state index in [4.69, 9.17) is 39.7 Å². The van der Waals surface area contributed by atoms with E-state index in [2.05, 4.69) is 93.8 Å². The Labute approximate surface area is 385 Å². The van der Waals surface area contributed by atoms with Crippen LogP contribution < -0.4 is 30.8 Å². The molecule has 2 aliphatic rings. The predicted molar refractivity (Wildman–Crippen MR) is 244 cm³/mol. The number of nitrogens with one attached hydrogen (secondary N) is 2. The number of rotatable bonds is 14. The van der Waals surface area contributed by atoms with Gasteiger partial charge in [-0.05, 0) is 76.7 Å². The minimum absolute atomic E-state index is 0. The monoisotopic (exact) mass is 912 g/mol. The molecular formula is C48H64N8O6Zn. The van der Waals surface area contributed by atoms with Crippen molar-refractivity contribution < 1.29 is 57.8 Å². The Kier molecular flexibility index (Phi) is 19.8. The molecule has 5 rings (SSSR count). The molecule has 15 heteroatoms. The van der Waals surface area contributed by atoms with Crippen LogP contribution in [0.4, 0.5) is 0 Å². The number of hydrogen-bond acceptors (Lipinski definition) is 8. The zero-order valence-electron chi connectivity index (χ0n) is 39.4. The third kappa shape index (κ3) is 16.0. The molecule has 0 aromatic carbocycles. The number of amides is 2. The van der Waals surface area contributed by atoms with Gasteiger partial charge in [0.15, 0.2) is 0 Å². The van der Waals surface area contributed by atoms with Crippen LogP contribution in [0.3, 0.4) is 0 Å². The maximum atomic E-state index is 13.1. The summed E-state index contributed by atoms with van der Waals surface area (Å²) in [6.07, 6.45) is 5.38. The van der Waals surface area contributed by atoms with Gasteiger partial charge in [-0.1, -0.05) is 66.3 Å². The summed E-state index contributed by atoms with van der Waals surface area (Å²) >= 11 is 0. The van der Waals surface area contributed by atoms with Crippen molar-refractivity contribution >= 4 is 74.2 Å². The van der Waals surface area contributed by atoms with Gasteiger partial charge >= 0.3 is 19.5 Å². The summed E-state index contributed by atoms with van der Waals surface area (Å²) in [6.45, 7) is 21.3. The molecule has 3 aromatic heterocycles. The third-order valence-electron chi connectivity index (χ3n) is 10.3. The van der Waals surface area contributed by atoms with Gasteiger partial charge in [0.1, 0.15) is 0 Å². The molecule has 334 valence electrons. The summed E-state index contributed by atoms with van der Waals surface area (Å²) in [7, 11) is 12.7. The molecule has 0 spiro atoms. The fourth-order valence-electron chi connectivity index (χ4n) is 6.86. The Morgan fingerprint density at radius 2 is 1.06 bits per heavy atom. The van der Waals surface area contributed by atoms with Crippen molar-refractivity contribution in [1.29, 1.82) is 0 Å². The van der Waals surface area contributed by atoms with E-state index in [1.165, 1.54) is 0 Å². The molecule has 3 aromatic rings. The van der Waals surface area contributed by atoms with E-state index in [1.807, 2.05) is 36.4 Å². The van der Waals surface area contributed by atoms with Crippen molar-refractivity contribution in [3.05, 3.63) is 88.5 Å². The molecule has 0 fully saturated rings. The maximum absolute atomic E-state index is 13.1. The molecule has 63 heavy (non-hydrogen) atoms. The van der Waals surface area contributed by atoms with Gasteiger partial charge in [0, 0.05) is 30.4 Å². The second-order valence-corrected chi connectivity index (χ2v) is 17.5. The van der Waals surface area contributed by atoms with Gasteiger partial charge < -0.3 is 49.4 Å². The average Bonchev–Trinajstić information content (AvgIpc) is 3.80. The van der Waals surface area contributed by atoms with Crippen LogP contribution >= 0.6 is 0 Å². The second kappa shape index (κ2) is 23.3. The van der Waals surface area contributed by atoms with Gasteiger partial charge in [-0.3, -0.25) is 9.59 Å². The zero-order valence-corrected chi connectivity index (χ0v) is 42.3. The number of carbonyl (C=O) groups is 4. The van der Waals surface area contributed by atoms with Crippen LogP contribution in [0.5, 0.6) is 0 Å². The number of carboxylic acids is 2. The van der Waals surface area contributed by atoms with E-state index in [1.54, 1.807) is 0 Å². The quantitative estimate of drug-likeness (QED) is 0.178. The molecule has 2 aliphatic heterocycles. The van der Waals surface area contributed by atoms with Crippen molar-refractivity contribution in [2.45, 2.75) is 67.2 Å². The standard InChI is InChI=1S/C44H58N8O2.2C2H4O2.Zn/c1-13-31-27(3)35-23-36-29(5)33(15-17-43(53)45-19-21-51(7,8)9)41(49-36)26-42-34(16-18-44(54)46-20-22-52(10,11)12)30(6)38(50-42)25-40-32(14-2)28(4)37(48-40)24-39(31)47-35;2*1-2(3)4;/h13-14,23-26H,1-2,15-22H2,3-12H3,(H2-2,45,46,47,48,49,50,53,54);2*1H3,(H,3,4);/q;;;+2/p-2. The molecule has 2 N–H and O–H groups in total. The first kappa shape index (κ1) is 53.6. The molecule has 0 aliphatic carbocycles. The van der Waals surface area contributed by atoms with E-state index in [0.717, 1.165) is 125 Å². The fraction of sp³-hybridized carbons (Fsp3) is 0.417. The van der Waals surface area contributed by atoms with Crippen LogP contribution in [-0.4, -0.2) is 111 Å². The minimum Gasteiger partial charge on any atom is -0.657 e. The number of aliphatic carboxylic acids is 2. The summed E-state index contributed by atoms with van der Waals surface area (Å²) in [5.41, 5.74) is 14.2. The third-order valence-corrected chi connectivity index (χ3v) is 10.3. The Morgan fingerprint density at radius 3 is 1.57 bits per heavy atom. The molecule has 0 saturated carbocycles. The smallest absolute Gasteiger partial charge is 0.657 e. The normalized spacial score (nSPS) is 12.3. The summed E-state index contributed by atoms with van der Waals surface area (Å²) in [4.78, 5) is 64.4. The number of carboxylic acid groups (broad SMARTS) is 2. The van der Waals surface area contributed by atoms with Crippen LogP contribution in [0, 0.1) is 13.8 Å². The Morgan fingerprint density at radius 1 is 0.635 bits per heavy atom. The fourth-order valence-corrected chi connectivity index (χ4v) is 6.86. The molecule has 5 heterocycles. The van der Waals surface area contributed by atoms with E-state index < -0.39 is 11.9 Å². The van der Waals surface area contributed by atoms with Crippen molar-refractivity contribution in [2.24, 2.45) is 0 Å². The first-order chi connectivity index (χ1) is 28.8. The van der Waals surface area contributed by atoms with Gasteiger partial charge in [-0.25, -0.2) is 9.97 Å². The number of hydrogen-bond donors (Lipinski definition) is 2. The van der Waals surface area contributed by atoms with Gasteiger partial charge in [0.2, 0.25) is 11.8 Å². The Balaban J connectivity index is 0.00000140. The molecule has 0 radical (unpaired) electrons. The maximum Gasteiger partial charge on any atom is 2.00 e. The number of nitrogens with zero attached hydrogens (tertiary/aromatic N) is 6. The van der Waals surface area contributed by atoms with E-state index >= 15 is 0 Å². The second-order valence-electron chi connectivity index (χ2n) is 17.5. The number of aromatic nitrogens is 4. The van der Waals surface area contributed by atoms with E-state index in [-0.39, 0.29) is 31.3 Å². The number of carbonyl (C=O) groups excluding carboxylic acids is 4. The Bertz CT molecular complexity index is 2420. The summed E-state index contributed by atoms with van der Waals surface area (Å²) in [5.74, 6) is -2.15. The summed E-state index contributed by atoms with van der Waals surface area (Å²) < 4.78 is 1.55. The Hall–Kier alpha value is -5.50. The van der Waals surface area contributed by atoms with Crippen molar-refractivity contribution in [2.75, 3.05) is 68.5 Å². The largest absolute Gasteiger partial charge is 2.00 e. The van der Waals surface area contributed by atoms with Crippen LogP contribution in [0.2, 0.25) is 0 Å². The van der Waals surface area contributed by atoms with Gasteiger partial charge in [-0.2, -0.15) is 0 Å². The SMILES string of the molecule is C=CC1=C(C)c2cc3[n-]c(cc4nc(cc5[n-]c(cc1n2)c(C)c5CCC(=O)NCC[N+](C)(C)C)C(CCC(=O)NCC[N+](C)(C)C)=C4C)c(C)c3C=C.CC(=O)[O-].CC(=O)[O-].[Zn+2]. The van der Waals surface area contributed by atoms with Crippen LogP contribution in [0.1, 0.15) is 92.0 Å². The van der Waals surface area contributed by atoms with Crippen LogP contribution in [0.25, 0.3) is 50.4 Å². The minimum atomic E-state index is -1.08. The zero-order chi connectivity index (χ0) is 46.7. The molecule has 0 atom stereocenters. The van der Waals surface area contributed by atoms with Crippen LogP contribution in [0.15, 0.2) is 43.5 Å². The first-order valence-electron chi connectivity index (χ1n) is 20.7. The number of likely N-dealkylation sites (N-methyl/N-ethyl adjacent to an activating group) is 2. The molecular weight excluding hydrogens is 850 g/mol. The van der Waals surface area contributed by atoms with Crippen molar-refractivity contribution in [3.8, 4) is 0 Å². The molecule has 2 amide bonds.